The maximum absolute atomic E-state index is 8.42. The zero-order chi connectivity index (χ0) is 9.97. The van der Waals surface area contributed by atoms with Gasteiger partial charge in [-0.2, -0.15) is 0 Å². The largest absolute Gasteiger partial charge is 0.411 e. The van der Waals surface area contributed by atoms with Gasteiger partial charge in [-0.1, -0.05) is 17.3 Å². The summed E-state index contributed by atoms with van der Waals surface area (Å²) in [5.74, 6) is 0. The Morgan fingerprint density at radius 3 is 2.50 bits per heavy atom. The second-order valence-corrected chi connectivity index (χ2v) is 2.93. The van der Waals surface area contributed by atoms with Crippen LogP contribution in [0.5, 0.6) is 0 Å². The van der Waals surface area contributed by atoms with Crippen molar-refractivity contribution in [2.24, 2.45) is 5.16 Å². The molecular weight excluding hydrogens is 178 g/mol. The lowest BCUT2D eigenvalue weighted by atomic mass is 10.2. The van der Waals surface area contributed by atoms with Crippen LogP contribution >= 0.6 is 0 Å². The van der Waals surface area contributed by atoms with E-state index in [1.165, 1.54) is 6.21 Å². The number of para-hydroxylation sites is 2. The third-order valence-corrected chi connectivity index (χ3v) is 1.96. The van der Waals surface area contributed by atoms with Crippen molar-refractivity contribution in [3.05, 3.63) is 35.7 Å². The van der Waals surface area contributed by atoms with Crippen LogP contribution in [0.4, 0.5) is 0 Å². The second kappa shape index (κ2) is 3.41. The number of nitrogens with zero attached hydrogens (tertiary/aromatic N) is 3. The minimum atomic E-state index is 0.589. The number of aromatic nitrogens is 2. The lowest BCUT2D eigenvalue weighted by Crippen LogP contribution is -1.97. The number of benzene rings is 1. The normalized spacial score (nSPS) is 11.2. The van der Waals surface area contributed by atoms with Crippen molar-refractivity contribution in [1.29, 1.82) is 0 Å². The molecule has 0 spiro atoms. The van der Waals surface area contributed by atoms with Crippen LogP contribution < -0.4 is 0 Å². The molecule has 0 aliphatic carbocycles. The van der Waals surface area contributed by atoms with E-state index in [2.05, 4.69) is 15.1 Å². The number of hydrogen-bond acceptors (Lipinski definition) is 4. The molecule has 2 aromatic rings. The quantitative estimate of drug-likeness (QED) is 0.420. The van der Waals surface area contributed by atoms with Crippen LogP contribution in [0.25, 0.3) is 11.0 Å². The monoisotopic (exact) mass is 187 g/mol. The van der Waals surface area contributed by atoms with Crippen LogP contribution in [0, 0.1) is 6.92 Å². The molecule has 0 aliphatic rings. The van der Waals surface area contributed by atoms with E-state index in [1.807, 2.05) is 31.2 Å². The van der Waals surface area contributed by atoms with Crippen molar-refractivity contribution in [2.75, 3.05) is 0 Å². The third kappa shape index (κ3) is 1.42. The van der Waals surface area contributed by atoms with Gasteiger partial charge in [0.1, 0.15) is 5.69 Å². The predicted molar refractivity (Wildman–Crippen MR) is 53.7 cm³/mol. The van der Waals surface area contributed by atoms with Gasteiger partial charge in [0.15, 0.2) is 0 Å². The minimum absolute atomic E-state index is 0.589. The third-order valence-electron chi connectivity index (χ3n) is 1.96. The topological polar surface area (TPSA) is 58.4 Å². The molecule has 0 bridgehead atoms. The molecular formula is C10H9N3O. The van der Waals surface area contributed by atoms with Gasteiger partial charge in [0.25, 0.3) is 0 Å². The summed E-state index contributed by atoms with van der Waals surface area (Å²) in [6.07, 6.45) is 1.29. The molecule has 0 saturated heterocycles. The Balaban J connectivity index is 2.70. The van der Waals surface area contributed by atoms with Gasteiger partial charge in [-0.25, -0.2) is 9.97 Å². The highest BCUT2D eigenvalue weighted by atomic mass is 16.4. The standard InChI is InChI=1S/C10H9N3O/c1-7-10(6-11-14)13-9-5-3-2-4-8(9)12-7/h2-6,14H,1H3. The summed E-state index contributed by atoms with van der Waals surface area (Å²) in [6.45, 7) is 1.83. The molecule has 14 heavy (non-hydrogen) atoms. The Kier molecular flexibility index (Phi) is 2.10. The summed E-state index contributed by atoms with van der Waals surface area (Å²) in [5.41, 5.74) is 2.99. The van der Waals surface area contributed by atoms with Crippen LogP contribution in [0.15, 0.2) is 29.4 Å². The predicted octanol–water partition coefficient (Wildman–Crippen LogP) is 1.75. The number of hydrogen-bond donors (Lipinski definition) is 1. The van der Waals surface area contributed by atoms with Gasteiger partial charge in [0.05, 0.1) is 22.9 Å². The van der Waals surface area contributed by atoms with Gasteiger partial charge in [0.2, 0.25) is 0 Å². The summed E-state index contributed by atoms with van der Waals surface area (Å²) >= 11 is 0. The van der Waals surface area contributed by atoms with Gasteiger partial charge in [0, 0.05) is 0 Å². The Labute approximate surface area is 80.9 Å². The zero-order valence-electron chi connectivity index (χ0n) is 7.68. The molecule has 70 valence electrons. The Morgan fingerprint density at radius 2 is 1.86 bits per heavy atom. The first-order valence-electron chi connectivity index (χ1n) is 4.22. The molecule has 0 amide bonds. The van der Waals surface area contributed by atoms with Crippen LogP contribution in [0.3, 0.4) is 0 Å². The summed E-state index contributed by atoms with van der Waals surface area (Å²) in [4.78, 5) is 8.62. The van der Waals surface area contributed by atoms with Crippen molar-refractivity contribution in [1.82, 2.24) is 9.97 Å². The maximum atomic E-state index is 8.42. The molecule has 1 aromatic carbocycles. The van der Waals surface area contributed by atoms with E-state index in [1.54, 1.807) is 0 Å². The molecule has 1 heterocycles. The smallest absolute Gasteiger partial charge is 0.107 e. The summed E-state index contributed by atoms with van der Waals surface area (Å²) in [5, 5.41) is 11.4. The molecule has 2 rings (SSSR count). The molecule has 0 radical (unpaired) electrons. The fraction of sp³-hybridized carbons (Fsp3) is 0.100. The first kappa shape index (κ1) is 8.62. The summed E-state index contributed by atoms with van der Waals surface area (Å²) in [6, 6.07) is 7.58. The van der Waals surface area contributed by atoms with Crippen molar-refractivity contribution in [3.8, 4) is 0 Å². The Bertz CT molecular complexity index is 494. The van der Waals surface area contributed by atoms with Gasteiger partial charge >= 0.3 is 0 Å². The highest BCUT2D eigenvalue weighted by molar-refractivity contribution is 5.83. The Hall–Kier alpha value is -1.97. The van der Waals surface area contributed by atoms with Gasteiger partial charge < -0.3 is 5.21 Å². The highest BCUT2D eigenvalue weighted by Crippen LogP contribution is 2.10. The molecule has 0 saturated carbocycles. The van der Waals surface area contributed by atoms with E-state index in [4.69, 9.17) is 5.21 Å². The van der Waals surface area contributed by atoms with E-state index in [0.717, 1.165) is 16.7 Å². The van der Waals surface area contributed by atoms with E-state index < -0.39 is 0 Å². The van der Waals surface area contributed by atoms with Crippen LogP contribution in [-0.2, 0) is 0 Å². The van der Waals surface area contributed by atoms with E-state index in [-0.39, 0.29) is 0 Å². The molecule has 1 N–H and O–H groups in total. The zero-order valence-corrected chi connectivity index (χ0v) is 7.68. The van der Waals surface area contributed by atoms with Crippen molar-refractivity contribution in [2.45, 2.75) is 6.92 Å². The molecule has 4 nitrogen and oxygen atoms in total. The lowest BCUT2D eigenvalue weighted by molar-refractivity contribution is 0.321. The number of rotatable bonds is 1. The first-order valence-corrected chi connectivity index (χ1v) is 4.22. The molecule has 4 heteroatoms. The number of aryl methyl sites for hydroxylation is 1. The maximum Gasteiger partial charge on any atom is 0.107 e. The average Bonchev–Trinajstić information content (AvgIpc) is 2.19. The molecule has 0 unspecified atom stereocenters. The fourth-order valence-corrected chi connectivity index (χ4v) is 1.28. The van der Waals surface area contributed by atoms with Crippen molar-refractivity contribution < 1.29 is 5.21 Å². The van der Waals surface area contributed by atoms with Gasteiger partial charge in [-0.3, -0.25) is 0 Å². The molecule has 1 aromatic heterocycles. The Morgan fingerprint density at radius 1 is 1.21 bits per heavy atom. The molecule has 0 fully saturated rings. The van der Waals surface area contributed by atoms with Crippen LogP contribution in [0.2, 0.25) is 0 Å². The van der Waals surface area contributed by atoms with Crippen LogP contribution in [0.1, 0.15) is 11.4 Å². The molecule has 0 atom stereocenters. The highest BCUT2D eigenvalue weighted by Gasteiger charge is 2.01. The van der Waals surface area contributed by atoms with Crippen molar-refractivity contribution in [3.63, 3.8) is 0 Å². The number of fused-ring (bicyclic) bond motifs is 1. The SMILES string of the molecule is Cc1nc2ccccc2nc1C=NO. The van der Waals surface area contributed by atoms with Crippen LogP contribution in [-0.4, -0.2) is 21.4 Å². The lowest BCUT2D eigenvalue weighted by Gasteiger charge is -2.00. The van der Waals surface area contributed by atoms with Crippen molar-refractivity contribution >= 4 is 17.2 Å². The van der Waals surface area contributed by atoms with E-state index in [9.17, 15) is 0 Å². The summed E-state index contributed by atoms with van der Waals surface area (Å²) in [7, 11) is 0. The second-order valence-electron chi connectivity index (χ2n) is 2.93. The van der Waals surface area contributed by atoms with E-state index >= 15 is 0 Å². The summed E-state index contributed by atoms with van der Waals surface area (Å²) < 4.78 is 0. The van der Waals surface area contributed by atoms with Gasteiger partial charge in [-0.15, -0.1) is 0 Å². The van der Waals surface area contributed by atoms with Gasteiger partial charge in [-0.05, 0) is 19.1 Å². The molecule has 0 aliphatic heterocycles. The fourth-order valence-electron chi connectivity index (χ4n) is 1.28. The minimum Gasteiger partial charge on any atom is -0.411 e. The van der Waals surface area contributed by atoms with E-state index in [0.29, 0.717) is 5.69 Å². The average molecular weight is 187 g/mol. The first-order chi connectivity index (χ1) is 6.81. The number of oxime groups is 1.